The van der Waals surface area contributed by atoms with Crippen LogP contribution in [0.5, 0.6) is 0 Å². The van der Waals surface area contributed by atoms with Crippen molar-refractivity contribution in [1.29, 1.82) is 0 Å². The maximum atomic E-state index is 13.1. The third-order valence-electron chi connectivity index (χ3n) is 1.76. The van der Waals surface area contributed by atoms with Crippen molar-refractivity contribution in [1.82, 2.24) is 0 Å². The van der Waals surface area contributed by atoms with Gasteiger partial charge >= 0.3 is 0 Å². The number of rotatable bonds is 1. The molecule has 1 N–H and O–H groups in total. The van der Waals surface area contributed by atoms with Gasteiger partial charge in [-0.1, -0.05) is 0 Å². The SMILES string of the molecule is OCc1cc2c(F)cc(F)cc2s1. The van der Waals surface area contributed by atoms with Crippen LogP contribution < -0.4 is 0 Å². The van der Waals surface area contributed by atoms with E-state index in [1.807, 2.05) is 0 Å². The predicted octanol–water partition coefficient (Wildman–Crippen LogP) is 2.67. The molecule has 0 aliphatic carbocycles. The highest BCUT2D eigenvalue weighted by Gasteiger charge is 2.07. The van der Waals surface area contributed by atoms with E-state index in [0.29, 0.717) is 15.0 Å². The molecule has 2 aromatic rings. The Labute approximate surface area is 77.2 Å². The summed E-state index contributed by atoms with van der Waals surface area (Å²) in [6.45, 7) is -0.138. The zero-order valence-electron chi connectivity index (χ0n) is 6.55. The first-order valence-electron chi connectivity index (χ1n) is 3.69. The highest BCUT2D eigenvalue weighted by molar-refractivity contribution is 7.19. The fraction of sp³-hybridized carbons (Fsp3) is 0.111. The number of aliphatic hydroxyl groups is 1. The zero-order valence-corrected chi connectivity index (χ0v) is 7.37. The van der Waals surface area contributed by atoms with Gasteiger partial charge < -0.3 is 5.11 Å². The number of fused-ring (bicyclic) bond motifs is 1. The van der Waals surface area contributed by atoms with E-state index in [4.69, 9.17) is 5.11 Å². The minimum atomic E-state index is -0.587. The Morgan fingerprint density at radius 3 is 2.69 bits per heavy atom. The van der Waals surface area contributed by atoms with Crippen LogP contribution in [0.3, 0.4) is 0 Å². The van der Waals surface area contributed by atoms with E-state index in [1.165, 1.54) is 23.5 Å². The summed E-state index contributed by atoms with van der Waals surface area (Å²) < 4.78 is 26.3. The molecule has 4 heteroatoms. The quantitative estimate of drug-likeness (QED) is 0.750. The van der Waals surface area contributed by atoms with Crippen molar-refractivity contribution in [2.75, 3.05) is 0 Å². The minimum absolute atomic E-state index is 0.138. The van der Waals surface area contributed by atoms with E-state index >= 15 is 0 Å². The van der Waals surface area contributed by atoms with Gasteiger partial charge in [0.2, 0.25) is 0 Å². The van der Waals surface area contributed by atoms with Gasteiger partial charge in [0.05, 0.1) is 6.61 Å². The lowest BCUT2D eigenvalue weighted by Gasteiger charge is -1.91. The van der Waals surface area contributed by atoms with Crippen LogP contribution in [0.25, 0.3) is 10.1 Å². The summed E-state index contributed by atoms with van der Waals surface area (Å²) in [4.78, 5) is 0.638. The summed E-state index contributed by atoms with van der Waals surface area (Å²) in [6, 6.07) is 3.65. The van der Waals surface area contributed by atoms with Gasteiger partial charge in [0.1, 0.15) is 11.6 Å². The van der Waals surface area contributed by atoms with Gasteiger partial charge in [0.25, 0.3) is 0 Å². The molecule has 0 saturated carbocycles. The molecule has 2 rings (SSSR count). The Bertz CT molecular complexity index is 450. The fourth-order valence-corrected chi connectivity index (χ4v) is 2.16. The average Bonchev–Trinajstić information content (AvgIpc) is 2.47. The predicted molar refractivity (Wildman–Crippen MR) is 47.7 cm³/mol. The molecule has 1 nitrogen and oxygen atoms in total. The van der Waals surface area contributed by atoms with Gasteiger partial charge in [-0.05, 0) is 12.1 Å². The van der Waals surface area contributed by atoms with Crippen LogP contribution in [0.1, 0.15) is 4.88 Å². The Morgan fingerprint density at radius 2 is 2.00 bits per heavy atom. The van der Waals surface area contributed by atoms with Gasteiger partial charge in [-0.2, -0.15) is 0 Å². The van der Waals surface area contributed by atoms with Crippen LogP contribution in [0, 0.1) is 11.6 Å². The highest BCUT2D eigenvalue weighted by atomic mass is 32.1. The number of benzene rings is 1. The van der Waals surface area contributed by atoms with Crippen molar-refractivity contribution in [2.24, 2.45) is 0 Å². The maximum absolute atomic E-state index is 13.1. The zero-order chi connectivity index (χ0) is 9.42. The largest absolute Gasteiger partial charge is 0.391 e. The molecule has 68 valence electrons. The number of hydrogen-bond donors (Lipinski definition) is 1. The molecule has 0 spiro atoms. The second kappa shape index (κ2) is 3.05. The van der Waals surface area contributed by atoms with Gasteiger partial charge in [0.15, 0.2) is 0 Å². The lowest BCUT2D eigenvalue weighted by atomic mass is 10.2. The van der Waals surface area contributed by atoms with Crippen LogP contribution in [-0.4, -0.2) is 5.11 Å². The van der Waals surface area contributed by atoms with Gasteiger partial charge in [-0.3, -0.25) is 0 Å². The Morgan fingerprint density at radius 1 is 1.23 bits per heavy atom. The summed E-state index contributed by atoms with van der Waals surface area (Å²) in [5, 5.41) is 9.16. The fourth-order valence-electron chi connectivity index (χ4n) is 1.20. The number of aliphatic hydroxyl groups excluding tert-OH is 1. The molecule has 0 amide bonds. The van der Waals surface area contributed by atoms with Crippen molar-refractivity contribution < 1.29 is 13.9 Å². The van der Waals surface area contributed by atoms with Gasteiger partial charge in [-0.25, -0.2) is 8.78 Å². The third kappa shape index (κ3) is 1.43. The van der Waals surface area contributed by atoms with Crippen LogP contribution in [0.4, 0.5) is 8.78 Å². The Balaban J connectivity index is 2.75. The molecule has 0 fully saturated rings. The van der Waals surface area contributed by atoms with E-state index < -0.39 is 11.6 Å². The Hall–Kier alpha value is -1.00. The average molecular weight is 200 g/mol. The smallest absolute Gasteiger partial charge is 0.134 e. The van der Waals surface area contributed by atoms with Crippen molar-refractivity contribution in [3.8, 4) is 0 Å². The van der Waals surface area contributed by atoms with Gasteiger partial charge in [-0.15, -0.1) is 11.3 Å². The molecule has 0 bridgehead atoms. The van der Waals surface area contributed by atoms with Crippen molar-refractivity contribution in [3.63, 3.8) is 0 Å². The lowest BCUT2D eigenvalue weighted by Crippen LogP contribution is -1.78. The first kappa shape index (κ1) is 8.59. The van der Waals surface area contributed by atoms with E-state index in [0.717, 1.165) is 6.07 Å². The number of thiophene rings is 1. The number of hydrogen-bond acceptors (Lipinski definition) is 2. The minimum Gasteiger partial charge on any atom is -0.391 e. The van der Waals surface area contributed by atoms with E-state index in [1.54, 1.807) is 0 Å². The second-order valence-corrected chi connectivity index (χ2v) is 3.84. The summed E-state index contributed by atoms with van der Waals surface area (Å²) >= 11 is 1.20. The maximum Gasteiger partial charge on any atom is 0.134 e. The standard InChI is InChI=1S/C9H6F2OS/c10-5-1-8(11)7-3-6(4-12)13-9(7)2-5/h1-3,12H,4H2. The number of halogens is 2. The topological polar surface area (TPSA) is 20.2 Å². The molecule has 1 aromatic heterocycles. The van der Waals surface area contributed by atoms with Gasteiger partial charge in [0, 0.05) is 21.0 Å². The molecular weight excluding hydrogens is 194 g/mol. The summed E-state index contributed by atoms with van der Waals surface area (Å²) in [7, 11) is 0. The van der Waals surface area contributed by atoms with E-state index in [2.05, 4.69) is 0 Å². The summed E-state index contributed by atoms with van der Waals surface area (Å²) in [6.07, 6.45) is 0. The molecule has 0 aliphatic heterocycles. The van der Waals surface area contributed by atoms with E-state index in [9.17, 15) is 8.78 Å². The van der Waals surface area contributed by atoms with Crippen LogP contribution in [0.2, 0.25) is 0 Å². The molecular formula is C9H6F2OS. The summed E-state index contributed by atoms with van der Waals surface area (Å²) in [5.74, 6) is -1.16. The van der Waals surface area contributed by atoms with Crippen LogP contribution in [0.15, 0.2) is 18.2 Å². The first-order chi connectivity index (χ1) is 6.20. The Kier molecular flexibility index (Phi) is 2.01. The molecule has 1 aromatic carbocycles. The van der Waals surface area contributed by atoms with Crippen LogP contribution in [-0.2, 0) is 6.61 Å². The molecule has 0 unspecified atom stereocenters. The van der Waals surface area contributed by atoms with E-state index in [-0.39, 0.29) is 6.61 Å². The first-order valence-corrected chi connectivity index (χ1v) is 4.50. The normalized spacial score (nSPS) is 11.0. The second-order valence-electron chi connectivity index (χ2n) is 2.67. The van der Waals surface area contributed by atoms with Crippen molar-refractivity contribution in [3.05, 3.63) is 34.7 Å². The molecule has 1 heterocycles. The van der Waals surface area contributed by atoms with Crippen molar-refractivity contribution >= 4 is 21.4 Å². The molecule has 0 atom stereocenters. The van der Waals surface area contributed by atoms with Crippen LogP contribution >= 0.6 is 11.3 Å². The van der Waals surface area contributed by atoms with Crippen molar-refractivity contribution in [2.45, 2.75) is 6.61 Å². The molecule has 13 heavy (non-hydrogen) atoms. The molecule has 0 aliphatic rings. The highest BCUT2D eigenvalue weighted by Crippen LogP contribution is 2.28. The molecule has 0 radical (unpaired) electrons. The summed E-state index contributed by atoms with van der Waals surface area (Å²) in [5.41, 5.74) is 0. The monoisotopic (exact) mass is 200 g/mol. The third-order valence-corrected chi connectivity index (χ3v) is 2.83. The lowest BCUT2D eigenvalue weighted by molar-refractivity contribution is 0.285. The molecule has 0 saturated heterocycles.